The minimum absolute atomic E-state index is 0.346. The van der Waals surface area contributed by atoms with Crippen LogP contribution in [0.3, 0.4) is 0 Å². The van der Waals surface area contributed by atoms with Crippen molar-refractivity contribution in [2.75, 3.05) is 5.73 Å². The number of hydrogen-bond donors (Lipinski definition) is 1. The molecule has 0 saturated carbocycles. The lowest BCUT2D eigenvalue weighted by molar-refractivity contribution is 0.439. The molecule has 0 fully saturated rings. The quantitative estimate of drug-likeness (QED) is 0.748. The van der Waals surface area contributed by atoms with Gasteiger partial charge in [0.15, 0.2) is 0 Å². The average Bonchev–Trinajstić information content (AvgIpc) is 2.57. The molecule has 0 aliphatic heterocycles. The van der Waals surface area contributed by atoms with E-state index in [-0.39, 0.29) is 0 Å². The molecule has 0 aliphatic carbocycles. The predicted molar refractivity (Wildman–Crippen MR) is 55.8 cm³/mol. The van der Waals surface area contributed by atoms with E-state index in [9.17, 15) is 0 Å². The number of aryl methyl sites for hydroxylation is 2. The molecule has 14 heavy (non-hydrogen) atoms. The first-order valence-electron chi connectivity index (χ1n) is 4.46. The normalized spacial score (nSPS) is 10.4. The van der Waals surface area contributed by atoms with Crippen LogP contribution in [-0.4, -0.2) is 5.16 Å². The Hall–Kier alpha value is -1.77. The fourth-order valence-electron chi connectivity index (χ4n) is 1.33. The molecule has 0 unspecified atom stereocenters. The molecule has 0 radical (unpaired) electrons. The minimum atomic E-state index is 0.346. The van der Waals surface area contributed by atoms with Gasteiger partial charge in [-0.25, -0.2) is 0 Å². The smallest absolute Gasteiger partial charge is 0.222 e. The Labute approximate surface area is 82.5 Å². The van der Waals surface area contributed by atoms with Gasteiger partial charge in [-0.2, -0.15) is 0 Å². The average molecular weight is 188 g/mol. The molecule has 1 aromatic heterocycles. The SMILES string of the molecule is Cc1ccc(-c2cc(N)on2)cc1C. The van der Waals surface area contributed by atoms with Gasteiger partial charge >= 0.3 is 0 Å². The molecular formula is C11H12N2O. The van der Waals surface area contributed by atoms with Crippen molar-refractivity contribution in [1.82, 2.24) is 5.16 Å². The summed E-state index contributed by atoms with van der Waals surface area (Å²) in [4.78, 5) is 0. The van der Waals surface area contributed by atoms with E-state index in [0.717, 1.165) is 11.3 Å². The molecule has 1 aromatic carbocycles. The second kappa shape index (κ2) is 3.18. The van der Waals surface area contributed by atoms with Crippen LogP contribution in [0.15, 0.2) is 28.8 Å². The van der Waals surface area contributed by atoms with Gasteiger partial charge in [0.05, 0.1) is 0 Å². The molecule has 3 nitrogen and oxygen atoms in total. The maximum Gasteiger partial charge on any atom is 0.222 e. The Morgan fingerprint density at radius 3 is 2.50 bits per heavy atom. The molecule has 0 saturated heterocycles. The first kappa shape index (κ1) is 8.81. The zero-order chi connectivity index (χ0) is 10.1. The lowest BCUT2D eigenvalue weighted by atomic mass is 10.0. The van der Waals surface area contributed by atoms with E-state index in [2.05, 4.69) is 31.1 Å². The van der Waals surface area contributed by atoms with Gasteiger partial charge < -0.3 is 10.3 Å². The Bertz CT molecular complexity index is 460. The summed E-state index contributed by atoms with van der Waals surface area (Å²) >= 11 is 0. The fraction of sp³-hybridized carbons (Fsp3) is 0.182. The van der Waals surface area contributed by atoms with Crippen molar-refractivity contribution in [3.8, 4) is 11.3 Å². The predicted octanol–water partition coefficient (Wildman–Crippen LogP) is 2.54. The van der Waals surface area contributed by atoms with Gasteiger partial charge in [0.2, 0.25) is 5.88 Å². The molecule has 2 rings (SSSR count). The summed E-state index contributed by atoms with van der Waals surface area (Å²) in [7, 11) is 0. The van der Waals surface area contributed by atoms with Crippen LogP contribution in [0.5, 0.6) is 0 Å². The Kier molecular flexibility index (Phi) is 2.00. The Morgan fingerprint density at radius 2 is 1.93 bits per heavy atom. The summed E-state index contributed by atoms with van der Waals surface area (Å²) in [6.45, 7) is 4.15. The van der Waals surface area contributed by atoms with E-state index < -0.39 is 0 Å². The van der Waals surface area contributed by atoms with Crippen LogP contribution in [0.2, 0.25) is 0 Å². The van der Waals surface area contributed by atoms with Crippen molar-refractivity contribution in [3.05, 3.63) is 35.4 Å². The van der Waals surface area contributed by atoms with Gasteiger partial charge in [-0.05, 0) is 31.0 Å². The van der Waals surface area contributed by atoms with Crippen LogP contribution in [0.4, 0.5) is 5.88 Å². The molecule has 72 valence electrons. The topological polar surface area (TPSA) is 52.0 Å². The lowest BCUT2D eigenvalue weighted by Crippen LogP contribution is -1.83. The standard InChI is InChI=1S/C11H12N2O/c1-7-3-4-9(5-8(7)2)10-6-11(12)14-13-10/h3-6H,12H2,1-2H3. The summed E-state index contributed by atoms with van der Waals surface area (Å²) in [5, 5.41) is 3.86. The Morgan fingerprint density at radius 1 is 1.14 bits per heavy atom. The first-order valence-corrected chi connectivity index (χ1v) is 4.46. The van der Waals surface area contributed by atoms with Crippen LogP contribution in [0, 0.1) is 13.8 Å². The first-order chi connectivity index (χ1) is 6.66. The van der Waals surface area contributed by atoms with Crippen molar-refractivity contribution in [2.24, 2.45) is 0 Å². The number of anilines is 1. The van der Waals surface area contributed by atoms with Crippen LogP contribution < -0.4 is 5.73 Å². The number of benzene rings is 1. The fourth-order valence-corrected chi connectivity index (χ4v) is 1.33. The van der Waals surface area contributed by atoms with Crippen molar-refractivity contribution >= 4 is 5.88 Å². The highest BCUT2D eigenvalue weighted by Gasteiger charge is 2.04. The van der Waals surface area contributed by atoms with Gasteiger partial charge in [-0.1, -0.05) is 17.3 Å². The van der Waals surface area contributed by atoms with Crippen LogP contribution in [-0.2, 0) is 0 Å². The zero-order valence-corrected chi connectivity index (χ0v) is 8.24. The zero-order valence-electron chi connectivity index (χ0n) is 8.24. The monoisotopic (exact) mass is 188 g/mol. The number of aromatic nitrogens is 1. The van der Waals surface area contributed by atoms with Gasteiger partial charge in [0.25, 0.3) is 0 Å². The van der Waals surface area contributed by atoms with Crippen molar-refractivity contribution in [1.29, 1.82) is 0 Å². The van der Waals surface area contributed by atoms with Gasteiger partial charge in [0.1, 0.15) is 5.69 Å². The van der Waals surface area contributed by atoms with E-state index in [1.165, 1.54) is 11.1 Å². The third-order valence-electron chi connectivity index (χ3n) is 2.33. The van der Waals surface area contributed by atoms with Crippen molar-refractivity contribution < 1.29 is 4.52 Å². The third kappa shape index (κ3) is 1.48. The summed E-state index contributed by atoms with van der Waals surface area (Å²) < 4.78 is 4.82. The molecule has 2 aromatic rings. The number of nitrogens with two attached hydrogens (primary N) is 1. The summed E-state index contributed by atoms with van der Waals surface area (Å²) in [6, 6.07) is 7.88. The van der Waals surface area contributed by atoms with Gasteiger partial charge in [0, 0.05) is 11.6 Å². The van der Waals surface area contributed by atoms with E-state index in [1.807, 2.05) is 6.07 Å². The summed E-state index contributed by atoms with van der Waals surface area (Å²) in [6.07, 6.45) is 0. The minimum Gasteiger partial charge on any atom is -0.368 e. The van der Waals surface area contributed by atoms with Crippen molar-refractivity contribution in [3.63, 3.8) is 0 Å². The molecule has 1 heterocycles. The van der Waals surface area contributed by atoms with Crippen LogP contribution >= 0.6 is 0 Å². The number of nitrogen functional groups attached to an aromatic ring is 1. The molecule has 0 bridgehead atoms. The molecule has 2 N–H and O–H groups in total. The summed E-state index contributed by atoms with van der Waals surface area (Å²) in [5.41, 5.74) is 9.78. The molecular weight excluding hydrogens is 176 g/mol. The van der Waals surface area contributed by atoms with E-state index in [4.69, 9.17) is 10.3 Å². The highest BCUT2D eigenvalue weighted by atomic mass is 16.5. The van der Waals surface area contributed by atoms with E-state index in [1.54, 1.807) is 6.07 Å². The Balaban J connectivity index is 2.47. The lowest BCUT2D eigenvalue weighted by Gasteiger charge is -2.01. The van der Waals surface area contributed by atoms with Crippen LogP contribution in [0.1, 0.15) is 11.1 Å². The van der Waals surface area contributed by atoms with Gasteiger partial charge in [-0.3, -0.25) is 0 Å². The second-order valence-corrected chi connectivity index (χ2v) is 3.41. The highest BCUT2D eigenvalue weighted by Crippen LogP contribution is 2.22. The maximum absolute atomic E-state index is 5.45. The molecule has 0 aliphatic rings. The largest absolute Gasteiger partial charge is 0.368 e. The maximum atomic E-state index is 5.45. The molecule has 0 amide bonds. The van der Waals surface area contributed by atoms with Crippen molar-refractivity contribution in [2.45, 2.75) is 13.8 Å². The molecule has 0 atom stereocenters. The third-order valence-corrected chi connectivity index (χ3v) is 2.33. The van der Waals surface area contributed by atoms with Crippen LogP contribution in [0.25, 0.3) is 11.3 Å². The number of nitrogens with zero attached hydrogens (tertiary/aromatic N) is 1. The second-order valence-electron chi connectivity index (χ2n) is 3.41. The van der Waals surface area contributed by atoms with E-state index in [0.29, 0.717) is 5.88 Å². The highest BCUT2D eigenvalue weighted by molar-refractivity contribution is 5.62. The van der Waals surface area contributed by atoms with Gasteiger partial charge in [-0.15, -0.1) is 0 Å². The molecule has 3 heteroatoms. The number of rotatable bonds is 1. The molecule has 0 spiro atoms. The van der Waals surface area contributed by atoms with E-state index >= 15 is 0 Å². The number of hydrogen-bond acceptors (Lipinski definition) is 3. The summed E-state index contributed by atoms with van der Waals surface area (Å²) in [5.74, 6) is 0.346.